The lowest BCUT2D eigenvalue weighted by Crippen LogP contribution is -2.36. The van der Waals surface area contributed by atoms with Crippen molar-refractivity contribution in [2.24, 2.45) is 5.92 Å². The molecule has 2 rings (SSSR count). The molecule has 106 valence electrons. The number of hydrogen-bond donors (Lipinski definition) is 1. The molecule has 1 saturated heterocycles. The van der Waals surface area contributed by atoms with Gasteiger partial charge in [-0.3, -0.25) is 0 Å². The highest BCUT2D eigenvalue weighted by atomic mass is 79.9. The third-order valence-corrected chi connectivity index (χ3v) is 4.03. The minimum atomic E-state index is 0.699. The smallest absolute Gasteiger partial charge is 0.106 e. The summed E-state index contributed by atoms with van der Waals surface area (Å²) in [7, 11) is 0. The Balaban J connectivity index is 1.64. The Kier molecular flexibility index (Phi) is 6.28. The van der Waals surface area contributed by atoms with Crippen molar-refractivity contribution in [2.75, 3.05) is 26.2 Å². The monoisotopic (exact) mass is 325 g/mol. The van der Waals surface area contributed by atoms with Gasteiger partial charge in [0.2, 0.25) is 0 Å². The van der Waals surface area contributed by atoms with E-state index in [2.05, 4.69) is 44.1 Å². The zero-order valence-electron chi connectivity index (χ0n) is 11.7. The topological polar surface area (TPSA) is 28.2 Å². The van der Waals surface area contributed by atoms with Crippen LogP contribution >= 0.6 is 15.9 Å². The van der Waals surface area contributed by atoms with Gasteiger partial charge in [-0.05, 0) is 66.5 Å². The van der Waals surface area contributed by atoms with Crippen LogP contribution in [-0.2, 0) is 6.54 Å². The molecule has 1 aliphatic heterocycles. The Bertz CT molecular complexity index is 377. The van der Waals surface area contributed by atoms with E-state index < -0.39 is 0 Å². The van der Waals surface area contributed by atoms with Gasteiger partial charge in [0, 0.05) is 13.1 Å². The second kappa shape index (κ2) is 7.98. The molecule has 3 nitrogen and oxygen atoms in total. The first-order chi connectivity index (χ1) is 9.24. The minimum Gasteiger partial charge on any atom is -0.311 e. The number of hydrogen-bond acceptors (Lipinski definition) is 3. The summed E-state index contributed by atoms with van der Waals surface area (Å²) >= 11 is 3.40. The summed E-state index contributed by atoms with van der Waals surface area (Å²) in [6, 6.07) is 6.06. The largest absolute Gasteiger partial charge is 0.311 e. The van der Waals surface area contributed by atoms with Crippen molar-refractivity contribution in [2.45, 2.75) is 32.7 Å². The predicted molar refractivity (Wildman–Crippen MR) is 83.1 cm³/mol. The van der Waals surface area contributed by atoms with Gasteiger partial charge >= 0.3 is 0 Å². The predicted octanol–water partition coefficient (Wildman–Crippen LogP) is 3.06. The highest BCUT2D eigenvalue weighted by molar-refractivity contribution is 9.10. The van der Waals surface area contributed by atoms with E-state index in [0.29, 0.717) is 5.92 Å². The number of rotatable bonds is 6. The van der Waals surface area contributed by atoms with Crippen LogP contribution < -0.4 is 5.32 Å². The third-order valence-electron chi connectivity index (χ3n) is 3.59. The maximum atomic E-state index is 4.43. The number of nitrogens with one attached hydrogen (secondary N) is 1. The van der Waals surface area contributed by atoms with Crippen molar-refractivity contribution in [3.8, 4) is 0 Å². The summed E-state index contributed by atoms with van der Waals surface area (Å²) in [5, 5.41) is 3.51. The molecule has 0 aliphatic carbocycles. The van der Waals surface area contributed by atoms with Crippen molar-refractivity contribution < 1.29 is 0 Å². The normalized spacial score (nSPS) is 18.4. The zero-order chi connectivity index (χ0) is 13.5. The van der Waals surface area contributed by atoms with E-state index in [1.807, 2.05) is 12.1 Å². The molecule has 0 amide bonds. The van der Waals surface area contributed by atoms with Gasteiger partial charge in [0.25, 0.3) is 0 Å². The SMILES string of the molecule is CC(CNCc1cccc(Br)n1)CN1CCCCC1. The van der Waals surface area contributed by atoms with Crippen LogP contribution in [0.4, 0.5) is 0 Å². The summed E-state index contributed by atoms with van der Waals surface area (Å²) < 4.78 is 0.910. The van der Waals surface area contributed by atoms with Crippen LogP contribution in [-0.4, -0.2) is 36.1 Å². The molecule has 1 atom stereocenters. The number of nitrogens with zero attached hydrogens (tertiary/aromatic N) is 2. The molecule has 4 heteroatoms. The van der Waals surface area contributed by atoms with E-state index in [1.165, 1.54) is 38.9 Å². The fourth-order valence-corrected chi connectivity index (χ4v) is 3.02. The van der Waals surface area contributed by atoms with Gasteiger partial charge in [-0.1, -0.05) is 19.4 Å². The fourth-order valence-electron chi connectivity index (χ4n) is 2.64. The molecule has 2 heterocycles. The van der Waals surface area contributed by atoms with Gasteiger partial charge in [0.15, 0.2) is 0 Å². The summed E-state index contributed by atoms with van der Waals surface area (Å²) in [6.07, 6.45) is 4.17. The lowest BCUT2D eigenvalue weighted by atomic mass is 10.1. The Labute approximate surface area is 124 Å². The standard InChI is InChI=1S/C15H24BrN3/c1-13(12-19-8-3-2-4-9-19)10-17-11-14-6-5-7-15(16)18-14/h5-7,13,17H,2-4,8-12H2,1H3. The minimum absolute atomic E-state index is 0.699. The zero-order valence-corrected chi connectivity index (χ0v) is 13.3. The second-order valence-corrected chi connectivity index (χ2v) is 6.36. The molecule has 0 saturated carbocycles. The maximum absolute atomic E-state index is 4.43. The molecular formula is C15H24BrN3. The first-order valence-electron chi connectivity index (χ1n) is 7.28. The highest BCUT2D eigenvalue weighted by Crippen LogP contribution is 2.11. The van der Waals surface area contributed by atoms with E-state index >= 15 is 0 Å². The molecule has 1 aliphatic rings. The van der Waals surface area contributed by atoms with E-state index in [4.69, 9.17) is 0 Å². The number of pyridine rings is 1. The van der Waals surface area contributed by atoms with Crippen LogP contribution in [0.3, 0.4) is 0 Å². The number of likely N-dealkylation sites (tertiary alicyclic amines) is 1. The van der Waals surface area contributed by atoms with Gasteiger partial charge in [-0.25, -0.2) is 4.98 Å². The summed E-state index contributed by atoms with van der Waals surface area (Å²) in [6.45, 7) is 8.04. The molecule has 1 aromatic heterocycles. The van der Waals surface area contributed by atoms with Crippen LogP contribution in [0.2, 0.25) is 0 Å². The molecule has 19 heavy (non-hydrogen) atoms. The lowest BCUT2D eigenvalue weighted by molar-refractivity contribution is 0.199. The van der Waals surface area contributed by atoms with E-state index in [1.54, 1.807) is 0 Å². The summed E-state index contributed by atoms with van der Waals surface area (Å²) in [5.41, 5.74) is 1.10. The Hall–Kier alpha value is -0.450. The van der Waals surface area contributed by atoms with Crippen LogP contribution in [0.15, 0.2) is 22.8 Å². The van der Waals surface area contributed by atoms with E-state index in [-0.39, 0.29) is 0 Å². The molecule has 1 fully saturated rings. The van der Waals surface area contributed by atoms with Gasteiger partial charge in [-0.15, -0.1) is 0 Å². The van der Waals surface area contributed by atoms with Crippen LogP contribution in [0.5, 0.6) is 0 Å². The number of aromatic nitrogens is 1. The van der Waals surface area contributed by atoms with Crippen LogP contribution in [0, 0.1) is 5.92 Å². The van der Waals surface area contributed by atoms with Gasteiger partial charge in [0.05, 0.1) is 5.69 Å². The third kappa shape index (κ3) is 5.59. The Morgan fingerprint density at radius 1 is 1.32 bits per heavy atom. The molecule has 1 aromatic rings. The first kappa shape index (κ1) is 14.9. The van der Waals surface area contributed by atoms with Crippen molar-refractivity contribution in [3.63, 3.8) is 0 Å². The molecule has 0 radical (unpaired) electrons. The van der Waals surface area contributed by atoms with Gasteiger partial charge < -0.3 is 10.2 Å². The van der Waals surface area contributed by atoms with E-state index in [9.17, 15) is 0 Å². The maximum Gasteiger partial charge on any atom is 0.106 e. The Morgan fingerprint density at radius 3 is 2.84 bits per heavy atom. The quantitative estimate of drug-likeness (QED) is 0.815. The molecule has 0 spiro atoms. The number of halogens is 1. The first-order valence-corrected chi connectivity index (χ1v) is 8.08. The summed E-state index contributed by atoms with van der Waals surface area (Å²) in [5.74, 6) is 0.699. The molecule has 1 N–H and O–H groups in total. The Morgan fingerprint density at radius 2 is 2.11 bits per heavy atom. The van der Waals surface area contributed by atoms with Crippen LogP contribution in [0.1, 0.15) is 31.9 Å². The molecule has 0 bridgehead atoms. The van der Waals surface area contributed by atoms with Crippen molar-refractivity contribution in [1.29, 1.82) is 0 Å². The highest BCUT2D eigenvalue weighted by Gasteiger charge is 2.13. The van der Waals surface area contributed by atoms with Crippen molar-refractivity contribution >= 4 is 15.9 Å². The fraction of sp³-hybridized carbons (Fsp3) is 0.667. The van der Waals surface area contributed by atoms with Crippen molar-refractivity contribution in [1.82, 2.24) is 15.2 Å². The molecule has 0 aromatic carbocycles. The number of piperidine rings is 1. The van der Waals surface area contributed by atoms with Crippen LogP contribution in [0.25, 0.3) is 0 Å². The second-order valence-electron chi connectivity index (χ2n) is 5.55. The average Bonchev–Trinajstić information content (AvgIpc) is 2.40. The average molecular weight is 326 g/mol. The van der Waals surface area contributed by atoms with Gasteiger partial charge in [-0.2, -0.15) is 0 Å². The molecule has 1 unspecified atom stereocenters. The van der Waals surface area contributed by atoms with Crippen molar-refractivity contribution in [3.05, 3.63) is 28.5 Å². The van der Waals surface area contributed by atoms with Gasteiger partial charge in [0.1, 0.15) is 4.60 Å². The molecular weight excluding hydrogens is 302 g/mol. The van der Waals surface area contributed by atoms with E-state index in [0.717, 1.165) is 23.4 Å². The summed E-state index contributed by atoms with van der Waals surface area (Å²) in [4.78, 5) is 7.03. The lowest BCUT2D eigenvalue weighted by Gasteiger charge is -2.29.